The largest absolute Gasteiger partial charge is 0.416 e. The Labute approximate surface area is 226 Å². The molecule has 7 nitrogen and oxygen atoms in total. The molecule has 39 heavy (non-hydrogen) atoms. The number of sulfonamides is 1. The Morgan fingerprint density at radius 3 is 2.36 bits per heavy atom. The number of amides is 2. The van der Waals surface area contributed by atoms with E-state index in [2.05, 4.69) is 5.32 Å². The van der Waals surface area contributed by atoms with Crippen molar-refractivity contribution in [2.24, 2.45) is 0 Å². The molecule has 3 rings (SSSR count). The van der Waals surface area contributed by atoms with Gasteiger partial charge in [0.15, 0.2) is 0 Å². The van der Waals surface area contributed by atoms with Gasteiger partial charge < -0.3 is 10.2 Å². The molecule has 1 fully saturated rings. The first-order valence-electron chi connectivity index (χ1n) is 12.8. The number of rotatable bonds is 11. The van der Waals surface area contributed by atoms with Crippen molar-refractivity contribution in [3.8, 4) is 0 Å². The normalized spacial score (nSPS) is 15.1. The van der Waals surface area contributed by atoms with E-state index in [9.17, 15) is 35.6 Å². The van der Waals surface area contributed by atoms with E-state index in [4.69, 9.17) is 0 Å². The van der Waals surface area contributed by atoms with Crippen LogP contribution in [0, 0.1) is 5.82 Å². The third-order valence-electron chi connectivity index (χ3n) is 6.78. The molecule has 0 saturated heterocycles. The molecule has 0 heterocycles. The van der Waals surface area contributed by atoms with E-state index in [1.54, 1.807) is 13.0 Å². The Morgan fingerprint density at radius 2 is 1.74 bits per heavy atom. The number of nitrogens with one attached hydrogen (secondary N) is 1. The van der Waals surface area contributed by atoms with E-state index in [-0.39, 0.29) is 49.1 Å². The summed E-state index contributed by atoms with van der Waals surface area (Å²) in [5, 5.41) is 2.94. The zero-order valence-electron chi connectivity index (χ0n) is 21.9. The second-order valence-corrected chi connectivity index (χ2v) is 11.7. The Morgan fingerprint density at radius 1 is 1.08 bits per heavy atom. The molecule has 1 N–H and O–H groups in total. The zero-order valence-corrected chi connectivity index (χ0v) is 22.7. The summed E-state index contributed by atoms with van der Waals surface area (Å²) in [7, 11) is -3.97. The fraction of sp³-hybridized carbons (Fsp3) is 0.481. The predicted molar refractivity (Wildman–Crippen MR) is 140 cm³/mol. The van der Waals surface area contributed by atoms with Crippen molar-refractivity contribution in [1.29, 1.82) is 0 Å². The maximum absolute atomic E-state index is 14.4. The summed E-state index contributed by atoms with van der Waals surface area (Å²) < 4.78 is 79.5. The highest BCUT2D eigenvalue weighted by atomic mass is 32.2. The summed E-state index contributed by atoms with van der Waals surface area (Å²) in [4.78, 5) is 27.5. The summed E-state index contributed by atoms with van der Waals surface area (Å²) in [6.45, 7) is 1.12. The zero-order chi connectivity index (χ0) is 28.8. The van der Waals surface area contributed by atoms with Crippen LogP contribution in [-0.4, -0.2) is 50.0 Å². The lowest BCUT2D eigenvalue weighted by Gasteiger charge is -2.30. The highest BCUT2D eigenvalue weighted by Crippen LogP contribution is 2.32. The number of benzene rings is 2. The van der Waals surface area contributed by atoms with Crippen LogP contribution in [0.15, 0.2) is 48.5 Å². The van der Waals surface area contributed by atoms with Crippen molar-refractivity contribution < 1.29 is 35.6 Å². The number of anilines is 1. The fourth-order valence-corrected chi connectivity index (χ4v) is 5.58. The molecule has 12 heteroatoms. The Balaban J connectivity index is 1.75. The molecule has 1 aliphatic rings. The number of hydrogen-bond acceptors (Lipinski definition) is 4. The fourth-order valence-electron chi connectivity index (χ4n) is 4.63. The number of carbonyl (C=O) groups is 2. The van der Waals surface area contributed by atoms with Gasteiger partial charge in [-0.3, -0.25) is 13.9 Å². The van der Waals surface area contributed by atoms with Crippen molar-refractivity contribution in [2.75, 3.05) is 17.1 Å². The SMILES string of the molecule is C[C@@H](C(=O)NC1CCCC1)N(Cc1ccccc1F)C(=O)CCCN(c1cccc(C(F)(F)F)c1)S(C)(=O)=O. The monoisotopic (exact) mass is 571 g/mol. The van der Waals surface area contributed by atoms with E-state index in [0.29, 0.717) is 0 Å². The van der Waals surface area contributed by atoms with Crippen molar-refractivity contribution in [3.63, 3.8) is 0 Å². The molecule has 1 aliphatic carbocycles. The summed E-state index contributed by atoms with van der Waals surface area (Å²) >= 11 is 0. The van der Waals surface area contributed by atoms with Gasteiger partial charge in [0.1, 0.15) is 11.9 Å². The first-order chi connectivity index (χ1) is 18.3. The van der Waals surface area contributed by atoms with E-state index < -0.39 is 39.5 Å². The first kappa shape index (κ1) is 30.4. The predicted octanol–water partition coefficient (Wildman–Crippen LogP) is 4.87. The lowest BCUT2D eigenvalue weighted by Crippen LogP contribution is -2.49. The van der Waals surface area contributed by atoms with Crippen LogP contribution in [0.5, 0.6) is 0 Å². The van der Waals surface area contributed by atoms with Crippen LogP contribution in [0.25, 0.3) is 0 Å². The van der Waals surface area contributed by atoms with Gasteiger partial charge in [0.05, 0.1) is 17.5 Å². The maximum atomic E-state index is 14.4. The number of halogens is 4. The molecule has 2 aromatic carbocycles. The Kier molecular flexibility index (Phi) is 9.98. The van der Waals surface area contributed by atoms with Gasteiger partial charge in [0.2, 0.25) is 21.8 Å². The molecule has 214 valence electrons. The van der Waals surface area contributed by atoms with E-state index >= 15 is 0 Å². The Hall–Kier alpha value is -3.15. The average molecular weight is 572 g/mol. The minimum Gasteiger partial charge on any atom is -0.352 e. The minimum absolute atomic E-state index is 0.0149. The Bertz CT molecular complexity index is 1260. The third kappa shape index (κ3) is 8.42. The van der Waals surface area contributed by atoms with Gasteiger partial charge in [-0.2, -0.15) is 13.2 Å². The van der Waals surface area contributed by atoms with Gasteiger partial charge in [-0.05, 0) is 50.5 Å². The first-order valence-corrected chi connectivity index (χ1v) is 14.6. The molecule has 0 aromatic heterocycles. The van der Waals surface area contributed by atoms with Gasteiger partial charge in [-0.1, -0.05) is 37.1 Å². The van der Waals surface area contributed by atoms with Gasteiger partial charge in [-0.25, -0.2) is 12.8 Å². The standard InChI is InChI=1S/C27H33F4N3O4S/c1-19(26(36)32-22-11-4-5-12-22)33(18-20-9-3-6-14-24(20)28)25(35)15-8-16-34(39(2,37)38)23-13-7-10-21(17-23)27(29,30)31/h3,6-7,9-10,13-14,17,19,22H,4-5,8,11-12,15-16,18H2,1-2H3,(H,32,36)/t19-/m0/s1. The van der Waals surface area contributed by atoms with Crippen LogP contribution in [0.3, 0.4) is 0 Å². The molecule has 0 spiro atoms. The molecular weight excluding hydrogens is 538 g/mol. The highest BCUT2D eigenvalue weighted by Gasteiger charge is 2.32. The lowest BCUT2D eigenvalue weighted by atomic mass is 10.1. The second kappa shape index (κ2) is 12.8. The number of nitrogens with zero attached hydrogens (tertiary/aromatic N) is 2. The summed E-state index contributed by atoms with van der Waals surface area (Å²) in [5.41, 5.74) is -0.955. The van der Waals surface area contributed by atoms with E-state index in [0.717, 1.165) is 54.4 Å². The molecule has 1 atom stereocenters. The molecule has 0 bridgehead atoms. The quantitative estimate of drug-likeness (QED) is 0.390. The number of alkyl halides is 3. The van der Waals surface area contributed by atoms with E-state index in [1.807, 2.05) is 0 Å². The van der Waals surface area contributed by atoms with Crippen LogP contribution < -0.4 is 9.62 Å². The van der Waals surface area contributed by atoms with Gasteiger partial charge >= 0.3 is 6.18 Å². The van der Waals surface area contributed by atoms with Crippen LogP contribution in [0.1, 0.15) is 56.6 Å². The molecule has 0 unspecified atom stereocenters. The van der Waals surface area contributed by atoms with Gasteiger partial charge in [-0.15, -0.1) is 0 Å². The number of hydrogen-bond donors (Lipinski definition) is 1. The van der Waals surface area contributed by atoms with E-state index in [1.165, 1.54) is 29.2 Å². The van der Waals surface area contributed by atoms with Crippen LogP contribution in [0.4, 0.5) is 23.2 Å². The summed E-state index contributed by atoms with van der Waals surface area (Å²) in [6, 6.07) is 8.91. The highest BCUT2D eigenvalue weighted by molar-refractivity contribution is 7.92. The smallest absolute Gasteiger partial charge is 0.352 e. The maximum Gasteiger partial charge on any atom is 0.416 e. The van der Waals surface area contributed by atoms with Crippen molar-refractivity contribution >= 4 is 27.5 Å². The second-order valence-electron chi connectivity index (χ2n) is 9.77. The summed E-state index contributed by atoms with van der Waals surface area (Å²) in [5.74, 6) is -1.41. The van der Waals surface area contributed by atoms with Crippen LogP contribution >= 0.6 is 0 Å². The van der Waals surface area contributed by atoms with Crippen LogP contribution in [0.2, 0.25) is 0 Å². The van der Waals surface area contributed by atoms with Crippen molar-refractivity contribution in [1.82, 2.24) is 10.2 Å². The van der Waals surface area contributed by atoms with Crippen molar-refractivity contribution in [3.05, 3.63) is 65.5 Å². The molecule has 2 amide bonds. The third-order valence-corrected chi connectivity index (χ3v) is 7.98. The minimum atomic E-state index is -4.66. The van der Waals surface area contributed by atoms with Crippen molar-refractivity contribution in [2.45, 2.75) is 70.3 Å². The van der Waals surface area contributed by atoms with Crippen LogP contribution in [-0.2, 0) is 32.3 Å². The molecule has 0 aliphatic heterocycles. The lowest BCUT2D eigenvalue weighted by molar-refractivity contribution is -0.141. The molecule has 1 saturated carbocycles. The number of carbonyl (C=O) groups excluding carboxylic acids is 2. The molecule has 2 aromatic rings. The average Bonchev–Trinajstić information content (AvgIpc) is 3.37. The molecular formula is C27H33F4N3O4S. The molecule has 0 radical (unpaired) electrons. The van der Waals surface area contributed by atoms with Gasteiger partial charge in [0.25, 0.3) is 0 Å². The van der Waals surface area contributed by atoms with Gasteiger partial charge in [0, 0.05) is 31.1 Å². The topological polar surface area (TPSA) is 86.8 Å². The summed E-state index contributed by atoms with van der Waals surface area (Å²) in [6.07, 6.45) is -0.340.